The summed E-state index contributed by atoms with van der Waals surface area (Å²) < 4.78 is 0. The number of phenolic OH excluding ortho intramolecular Hbond substituents is 1. The second-order valence-electron chi connectivity index (χ2n) is 5.20. The van der Waals surface area contributed by atoms with Crippen molar-refractivity contribution >= 4 is 11.6 Å². The molecule has 3 N–H and O–H groups in total. The van der Waals surface area contributed by atoms with E-state index >= 15 is 0 Å². The highest BCUT2D eigenvalue weighted by molar-refractivity contribution is 5.47. The lowest BCUT2D eigenvalue weighted by Crippen LogP contribution is -2.46. The van der Waals surface area contributed by atoms with Crippen molar-refractivity contribution in [1.82, 2.24) is 14.9 Å². The number of rotatable bonds is 3. The summed E-state index contributed by atoms with van der Waals surface area (Å²) in [5.74, 6) is 1.09. The lowest BCUT2D eigenvalue weighted by Gasteiger charge is -2.34. The van der Waals surface area contributed by atoms with E-state index in [-0.39, 0.29) is 0 Å². The van der Waals surface area contributed by atoms with E-state index in [1.165, 1.54) is 0 Å². The maximum atomic E-state index is 9.88. The van der Waals surface area contributed by atoms with E-state index in [4.69, 9.17) is 5.73 Å². The van der Waals surface area contributed by atoms with E-state index in [1.54, 1.807) is 24.5 Å². The van der Waals surface area contributed by atoms with Gasteiger partial charge in [0.05, 0.1) is 0 Å². The molecule has 0 saturated carbocycles. The zero-order chi connectivity index (χ0) is 14.7. The quantitative estimate of drug-likeness (QED) is 0.649. The molecule has 1 aliphatic heterocycles. The zero-order valence-corrected chi connectivity index (χ0v) is 11.8. The van der Waals surface area contributed by atoms with Crippen molar-refractivity contribution < 1.29 is 5.11 Å². The first-order chi connectivity index (χ1) is 10.2. The van der Waals surface area contributed by atoms with Gasteiger partial charge < -0.3 is 15.7 Å². The molecule has 0 bridgehead atoms. The molecule has 0 aliphatic carbocycles. The third-order valence-corrected chi connectivity index (χ3v) is 3.70. The summed E-state index contributed by atoms with van der Waals surface area (Å²) in [6.07, 6.45) is 3.53. The lowest BCUT2D eigenvalue weighted by atomic mass is 10.1. The van der Waals surface area contributed by atoms with Gasteiger partial charge in [0.25, 0.3) is 0 Å². The Kier molecular flexibility index (Phi) is 3.87. The van der Waals surface area contributed by atoms with Crippen LogP contribution in [-0.2, 0) is 6.54 Å². The van der Waals surface area contributed by atoms with Gasteiger partial charge in [0.2, 0.25) is 5.95 Å². The fourth-order valence-electron chi connectivity index (χ4n) is 2.53. The van der Waals surface area contributed by atoms with Gasteiger partial charge in [-0.2, -0.15) is 0 Å². The number of nitrogen functional groups attached to an aromatic ring is 1. The molecule has 1 aromatic heterocycles. The second-order valence-corrected chi connectivity index (χ2v) is 5.20. The number of nitrogens with zero attached hydrogens (tertiary/aromatic N) is 4. The Bertz CT molecular complexity index is 596. The van der Waals surface area contributed by atoms with E-state index < -0.39 is 0 Å². The minimum Gasteiger partial charge on any atom is -0.508 e. The average Bonchev–Trinajstić information content (AvgIpc) is 2.53. The van der Waals surface area contributed by atoms with Crippen LogP contribution in [0.2, 0.25) is 0 Å². The Morgan fingerprint density at radius 3 is 2.52 bits per heavy atom. The van der Waals surface area contributed by atoms with Crippen molar-refractivity contribution in [2.75, 3.05) is 36.8 Å². The number of hydrogen-bond acceptors (Lipinski definition) is 6. The standard InChI is InChI=1S/C15H19N5O/c16-13-2-3-14(21)12(10-13)11-19-6-8-20(9-7-19)15-17-4-1-5-18-15/h1-5,10,21H,6-9,11,16H2. The highest BCUT2D eigenvalue weighted by atomic mass is 16.3. The Hall–Kier alpha value is -2.34. The van der Waals surface area contributed by atoms with Crippen LogP contribution < -0.4 is 10.6 Å². The normalized spacial score (nSPS) is 16.1. The third-order valence-electron chi connectivity index (χ3n) is 3.70. The molecule has 110 valence electrons. The van der Waals surface area contributed by atoms with E-state index in [0.717, 1.165) is 37.7 Å². The van der Waals surface area contributed by atoms with Crippen molar-refractivity contribution in [3.63, 3.8) is 0 Å². The molecule has 1 aromatic carbocycles. The first kappa shape index (κ1) is 13.6. The zero-order valence-electron chi connectivity index (χ0n) is 11.8. The monoisotopic (exact) mass is 285 g/mol. The number of phenols is 1. The summed E-state index contributed by atoms with van der Waals surface area (Å²) in [5.41, 5.74) is 7.33. The van der Waals surface area contributed by atoms with Crippen LogP contribution >= 0.6 is 0 Å². The van der Waals surface area contributed by atoms with E-state index in [1.807, 2.05) is 12.1 Å². The number of nitrogens with two attached hydrogens (primary N) is 1. The van der Waals surface area contributed by atoms with Gasteiger partial charge in [-0.1, -0.05) is 0 Å². The van der Waals surface area contributed by atoms with Crippen molar-refractivity contribution in [1.29, 1.82) is 0 Å². The first-order valence-corrected chi connectivity index (χ1v) is 7.04. The number of piperazine rings is 1. The van der Waals surface area contributed by atoms with Crippen LogP contribution in [-0.4, -0.2) is 46.2 Å². The minimum absolute atomic E-state index is 0.304. The molecular formula is C15H19N5O. The molecule has 1 aliphatic rings. The van der Waals surface area contributed by atoms with Gasteiger partial charge in [-0.05, 0) is 24.3 Å². The SMILES string of the molecule is Nc1ccc(O)c(CN2CCN(c3ncccn3)CC2)c1. The van der Waals surface area contributed by atoms with Gasteiger partial charge in [0.15, 0.2) is 0 Å². The van der Waals surface area contributed by atoms with Crippen LogP contribution in [0.15, 0.2) is 36.7 Å². The first-order valence-electron chi connectivity index (χ1n) is 7.04. The molecule has 3 rings (SSSR count). The number of aromatic nitrogens is 2. The van der Waals surface area contributed by atoms with E-state index in [2.05, 4.69) is 19.8 Å². The molecule has 1 fully saturated rings. The van der Waals surface area contributed by atoms with Crippen molar-refractivity contribution in [3.05, 3.63) is 42.2 Å². The number of anilines is 2. The Balaban J connectivity index is 1.60. The van der Waals surface area contributed by atoms with Crippen LogP contribution in [0.5, 0.6) is 5.75 Å². The fourth-order valence-corrected chi connectivity index (χ4v) is 2.53. The van der Waals surface area contributed by atoms with Gasteiger partial charge in [-0.15, -0.1) is 0 Å². The van der Waals surface area contributed by atoms with Gasteiger partial charge in [0.1, 0.15) is 5.75 Å². The third kappa shape index (κ3) is 3.22. The van der Waals surface area contributed by atoms with Gasteiger partial charge >= 0.3 is 0 Å². The molecule has 21 heavy (non-hydrogen) atoms. The molecule has 1 saturated heterocycles. The smallest absolute Gasteiger partial charge is 0.225 e. The topological polar surface area (TPSA) is 78.5 Å². The largest absolute Gasteiger partial charge is 0.508 e. The Labute approximate surface area is 123 Å². The van der Waals surface area contributed by atoms with Gasteiger partial charge in [-0.25, -0.2) is 9.97 Å². The lowest BCUT2D eigenvalue weighted by molar-refractivity contribution is 0.245. The van der Waals surface area contributed by atoms with Crippen molar-refractivity contribution in [2.45, 2.75) is 6.54 Å². The number of aromatic hydroxyl groups is 1. The van der Waals surface area contributed by atoms with Gasteiger partial charge in [-0.3, -0.25) is 4.90 Å². The molecule has 0 spiro atoms. The summed E-state index contributed by atoms with van der Waals surface area (Å²) in [5, 5.41) is 9.88. The summed E-state index contributed by atoms with van der Waals surface area (Å²) in [7, 11) is 0. The average molecular weight is 285 g/mol. The predicted molar refractivity (Wildman–Crippen MR) is 82.0 cm³/mol. The number of hydrogen-bond donors (Lipinski definition) is 2. The Morgan fingerprint density at radius 2 is 1.81 bits per heavy atom. The second kappa shape index (κ2) is 5.97. The van der Waals surface area contributed by atoms with Crippen LogP contribution in [0.4, 0.5) is 11.6 Å². The van der Waals surface area contributed by atoms with E-state index in [9.17, 15) is 5.11 Å². The van der Waals surface area contributed by atoms with Crippen molar-refractivity contribution in [2.24, 2.45) is 0 Å². The van der Waals surface area contributed by atoms with Crippen LogP contribution in [0.25, 0.3) is 0 Å². The summed E-state index contributed by atoms with van der Waals surface area (Å²) in [4.78, 5) is 13.0. The summed E-state index contributed by atoms with van der Waals surface area (Å²) in [6.45, 7) is 4.29. The summed E-state index contributed by atoms with van der Waals surface area (Å²) >= 11 is 0. The van der Waals surface area contributed by atoms with Gasteiger partial charge in [0, 0.05) is 56.4 Å². The molecule has 6 heteroatoms. The molecule has 0 amide bonds. The minimum atomic E-state index is 0.304. The maximum Gasteiger partial charge on any atom is 0.225 e. The Morgan fingerprint density at radius 1 is 1.10 bits per heavy atom. The fraction of sp³-hybridized carbons (Fsp3) is 0.333. The van der Waals surface area contributed by atoms with Crippen LogP contribution in [0.1, 0.15) is 5.56 Å². The van der Waals surface area contributed by atoms with Crippen LogP contribution in [0.3, 0.4) is 0 Å². The molecule has 0 atom stereocenters. The van der Waals surface area contributed by atoms with E-state index in [0.29, 0.717) is 18.0 Å². The summed E-state index contributed by atoms with van der Waals surface area (Å²) in [6, 6.07) is 7.02. The molecule has 6 nitrogen and oxygen atoms in total. The molecule has 0 radical (unpaired) electrons. The molecule has 2 heterocycles. The van der Waals surface area contributed by atoms with Crippen LogP contribution in [0, 0.1) is 0 Å². The molecule has 0 unspecified atom stereocenters. The van der Waals surface area contributed by atoms with Crippen molar-refractivity contribution in [3.8, 4) is 5.75 Å². The molecule has 2 aromatic rings. The predicted octanol–water partition coefficient (Wildman–Crippen LogP) is 1.09. The number of benzene rings is 1. The molecular weight excluding hydrogens is 266 g/mol. The highest BCUT2D eigenvalue weighted by Gasteiger charge is 2.19. The highest BCUT2D eigenvalue weighted by Crippen LogP contribution is 2.22. The maximum absolute atomic E-state index is 9.88.